The molecule has 1 rings (SSSR count). The Morgan fingerprint density at radius 3 is 2.73 bits per heavy atom. The lowest BCUT2D eigenvalue weighted by atomic mass is 10.1. The summed E-state index contributed by atoms with van der Waals surface area (Å²) < 4.78 is 13.3. The molecule has 0 radical (unpaired) electrons. The number of nitrogens with zero attached hydrogens (tertiary/aromatic N) is 1. The first-order valence-electron chi connectivity index (χ1n) is 4.61. The molecule has 0 bridgehead atoms. The van der Waals surface area contributed by atoms with Crippen LogP contribution in [0.25, 0.3) is 0 Å². The highest BCUT2D eigenvalue weighted by molar-refractivity contribution is 6.20. The van der Waals surface area contributed by atoms with Crippen molar-refractivity contribution in [3.8, 4) is 0 Å². The van der Waals surface area contributed by atoms with E-state index in [1.54, 1.807) is 0 Å². The van der Waals surface area contributed by atoms with E-state index in [1.165, 1.54) is 12.1 Å². The van der Waals surface area contributed by atoms with Crippen LogP contribution in [0.1, 0.15) is 18.9 Å². The van der Waals surface area contributed by atoms with Crippen molar-refractivity contribution < 1.29 is 9.31 Å². The maximum absolute atomic E-state index is 13.3. The first kappa shape index (κ1) is 11.9. The summed E-state index contributed by atoms with van der Waals surface area (Å²) in [6, 6.07) is 3.63. The van der Waals surface area contributed by atoms with Crippen molar-refractivity contribution in [3.05, 3.63) is 39.7 Å². The molecule has 0 spiro atoms. The minimum atomic E-state index is -0.620. The van der Waals surface area contributed by atoms with Gasteiger partial charge in [0, 0.05) is 11.4 Å². The Hall–Kier alpha value is -1.16. The zero-order chi connectivity index (χ0) is 11.4. The Bertz CT molecular complexity index is 370. The summed E-state index contributed by atoms with van der Waals surface area (Å²) in [5, 5.41) is 10.2. The Morgan fingerprint density at radius 1 is 1.60 bits per heavy atom. The third-order valence-corrected chi connectivity index (χ3v) is 2.59. The van der Waals surface area contributed by atoms with Crippen molar-refractivity contribution in [3.63, 3.8) is 0 Å². The SMILES string of the molecule is CCC(Cl)Cc1ccc([N+](=O)[O-])cc1F. The fourth-order valence-corrected chi connectivity index (χ4v) is 1.36. The normalized spacial score (nSPS) is 12.5. The van der Waals surface area contributed by atoms with E-state index < -0.39 is 10.7 Å². The molecule has 0 heterocycles. The molecular weight excluding hydrogens is 221 g/mol. The second kappa shape index (κ2) is 5.07. The number of hydrogen-bond acceptors (Lipinski definition) is 2. The molecule has 0 aliphatic carbocycles. The predicted molar refractivity (Wildman–Crippen MR) is 56.7 cm³/mol. The van der Waals surface area contributed by atoms with E-state index in [4.69, 9.17) is 11.6 Å². The van der Waals surface area contributed by atoms with Gasteiger partial charge in [0.15, 0.2) is 0 Å². The zero-order valence-electron chi connectivity index (χ0n) is 8.24. The molecule has 0 fully saturated rings. The minimum absolute atomic E-state index is 0.138. The summed E-state index contributed by atoms with van der Waals surface area (Å²) >= 11 is 5.87. The molecule has 1 aromatic rings. The number of halogens is 2. The summed E-state index contributed by atoms with van der Waals surface area (Å²) in [6.45, 7) is 1.90. The lowest BCUT2D eigenvalue weighted by Crippen LogP contribution is -2.03. The summed E-state index contributed by atoms with van der Waals surface area (Å²) in [5.74, 6) is -0.566. The first-order chi connectivity index (χ1) is 7.04. The van der Waals surface area contributed by atoms with Crippen molar-refractivity contribution in [2.45, 2.75) is 25.1 Å². The Balaban J connectivity index is 2.88. The summed E-state index contributed by atoms with van der Waals surface area (Å²) in [7, 11) is 0. The molecular formula is C10H11ClFNO2. The second-order valence-electron chi connectivity index (χ2n) is 3.24. The van der Waals surface area contributed by atoms with E-state index in [0.29, 0.717) is 12.0 Å². The van der Waals surface area contributed by atoms with Crippen molar-refractivity contribution >= 4 is 17.3 Å². The maximum atomic E-state index is 13.3. The lowest BCUT2D eigenvalue weighted by molar-refractivity contribution is -0.385. The number of benzene rings is 1. The summed E-state index contributed by atoms with van der Waals surface area (Å²) in [5.41, 5.74) is 0.182. The third kappa shape index (κ3) is 3.16. The maximum Gasteiger partial charge on any atom is 0.272 e. The van der Waals surface area contributed by atoms with Gasteiger partial charge < -0.3 is 0 Å². The Kier molecular flexibility index (Phi) is 4.03. The van der Waals surface area contributed by atoms with Crippen LogP contribution < -0.4 is 0 Å². The van der Waals surface area contributed by atoms with Crippen LogP contribution in [0.5, 0.6) is 0 Å². The van der Waals surface area contributed by atoms with Gasteiger partial charge >= 0.3 is 0 Å². The van der Waals surface area contributed by atoms with Crippen molar-refractivity contribution in [1.82, 2.24) is 0 Å². The fraction of sp³-hybridized carbons (Fsp3) is 0.400. The highest BCUT2D eigenvalue weighted by Gasteiger charge is 2.12. The van der Waals surface area contributed by atoms with E-state index in [9.17, 15) is 14.5 Å². The molecule has 0 N–H and O–H groups in total. The van der Waals surface area contributed by atoms with Gasteiger partial charge in [-0.25, -0.2) is 4.39 Å². The zero-order valence-corrected chi connectivity index (χ0v) is 9.00. The smallest absolute Gasteiger partial charge is 0.258 e. The van der Waals surface area contributed by atoms with Gasteiger partial charge in [0.05, 0.1) is 11.0 Å². The topological polar surface area (TPSA) is 43.1 Å². The molecule has 0 aromatic heterocycles. The van der Waals surface area contributed by atoms with Gasteiger partial charge in [0.1, 0.15) is 5.82 Å². The lowest BCUT2D eigenvalue weighted by Gasteiger charge is -2.06. The number of non-ortho nitro benzene ring substituents is 1. The van der Waals surface area contributed by atoms with Crippen LogP contribution in [0.2, 0.25) is 0 Å². The monoisotopic (exact) mass is 231 g/mol. The van der Waals surface area contributed by atoms with E-state index in [0.717, 1.165) is 12.5 Å². The molecule has 0 saturated heterocycles. The number of nitro benzene ring substituents is 1. The van der Waals surface area contributed by atoms with E-state index in [1.807, 2.05) is 6.92 Å². The van der Waals surface area contributed by atoms with Gasteiger partial charge in [-0.05, 0) is 24.5 Å². The Labute approximate surface area is 92.0 Å². The molecule has 0 aliphatic heterocycles. The Morgan fingerprint density at radius 2 is 2.27 bits per heavy atom. The van der Waals surface area contributed by atoms with Gasteiger partial charge in [0.25, 0.3) is 5.69 Å². The van der Waals surface area contributed by atoms with Gasteiger partial charge in [0.2, 0.25) is 0 Å². The molecule has 1 aromatic carbocycles. The van der Waals surface area contributed by atoms with Crippen LogP contribution in [0, 0.1) is 15.9 Å². The third-order valence-electron chi connectivity index (χ3n) is 2.13. The van der Waals surface area contributed by atoms with E-state index >= 15 is 0 Å². The van der Waals surface area contributed by atoms with Crippen LogP contribution in [0.4, 0.5) is 10.1 Å². The average molecular weight is 232 g/mol. The highest BCUT2D eigenvalue weighted by atomic mass is 35.5. The molecule has 0 aliphatic rings. The van der Waals surface area contributed by atoms with E-state index in [2.05, 4.69) is 0 Å². The molecule has 0 amide bonds. The number of nitro groups is 1. The summed E-state index contributed by atoms with van der Waals surface area (Å²) in [6.07, 6.45) is 1.12. The van der Waals surface area contributed by atoms with Gasteiger partial charge in [-0.2, -0.15) is 0 Å². The average Bonchev–Trinajstić information content (AvgIpc) is 2.20. The molecule has 15 heavy (non-hydrogen) atoms. The van der Waals surface area contributed by atoms with Gasteiger partial charge in [-0.3, -0.25) is 10.1 Å². The number of rotatable bonds is 4. The molecule has 82 valence electrons. The number of hydrogen-bond donors (Lipinski definition) is 0. The summed E-state index contributed by atoms with van der Waals surface area (Å²) in [4.78, 5) is 9.74. The second-order valence-corrected chi connectivity index (χ2v) is 3.86. The predicted octanol–water partition coefficient (Wildman–Crippen LogP) is 3.29. The van der Waals surface area contributed by atoms with E-state index in [-0.39, 0.29) is 11.1 Å². The van der Waals surface area contributed by atoms with Crippen LogP contribution >= 0.6 is 11.6 Å². The molecule has 5 heteroatoms. The minimum Gasteiger partial charge on any atom is -0.258 e. The highest BCUT2D eigenvalue weighted by Crippen LogP contribution is 2.19. The fourth-order valence-electron chi connectivity index (χ4n) is 1.20. The van der Waals surface area contributed by atoms with Crippen molar-refractivity contribution in [1.29, 1.82) is 0 Å². The molecule has 3 nitrogen and oxygen atoms in total. The van der Waals surface area contributed by atoms with Crippen LogP contribution in [-0.2, 0) is 6.42 Å². The largest absolute Gasteiger partial charge is 0.272 e. The van der Waals surface area contributed by atoms with Gasteiger partial charge in [-0.15, -0.1) is 11.6 Å². The van der Waals surface area contributed by atoms with Crippen LogP contribution in [0.15, 0.2) is 18.2 Å². The molecule has 0 saturated carbocycles. The molecule has 1 atom stereocenters. The van der Waals surface area contributed by atoms with Crippen LogP contribution in [-0.4, -0.2) is 10.3 Å². The van der Waals surface area contributed by atoms with Crippen LogP contribution in [0.3, 0.4) is 0 Å². The van der Waals surface area contributed by atoms with Crippen molar-refractivity contribution in [2.24, 2.45) is 0 Å². The van der Waals surface area contributed by atoms with Gasteiger partial charge in [-0.1, -0.05) is 6.92 Å². The first-order valence-corrected chi connectivity index (χ1v) is 5.05. The van der Waals surface area contributed by atoms with Crippen molar-refractivity contribution in [2.75, 3.05) is 0 Å². The number of alkyl halides is 1. The quantitative estimate of drug-likeness (QED) is 0.453. The molecule has 1 unspecified atom stereocenters. The standard InChI is InChI=1S/C10H11ClFNO2/c1-2-8(11)5-7-3-4-9(13(14)15)6-10(7)12/h3-4,6,8H,2,5H2,1H3.